The van der Waals surface area contributed by atoms with Crippen molar-refractivity contribution in [3.63, 3.8) is 0 Å². The lowest BCUT2D eigenvalue weighted by Gasteiger charge is -2.28. The highest BCUT2D eigenvalue weighted by molar-refractivity contribution is 7.92. The van der Waals surface area contributed by atoms with Gasteiger partial charge in [0.15, 0.2) is 5.69 Å². The van der Waals surface area contributed by atoms with Gasteiger partial charge in [-0.1, -0.05) is 30.3 Å². The van der Waals surface area contributed by atoms with E-state index >= 15 is 0 Å². The van der Waals surface area contributed by atoms with Crippen LogP contribution in [0.2, 0.25) is 0 Å². The van der Waals surface area contributed by atoms with Crippen molar-refractivity contribution in [3.05, 3.63) is 51.9 Å². The Labute approximate surface area is 156 Å². The lowest BCUT2D eigenvalue weighted by atomic mass is 10.2. The maximum atomic E-state index is 12.4. The second-order valence-electron chi connectivity index (χ2n) is 6.24. The number of sulfonamides is 1. The molecular weight excluding hydrogens is 372 g/mol. The summed E-state index contributed by atoms with van der Waals surface area (Å²) in [7, 11) is -2.32. The molecule has 0 radical (unpaired) electrons. The molecule has 2 heterocycles. The molecule has 1 fully saturated rings. The van der Waals surface area contributed by atoms with E-state index in [0.29, 0.717) is 12.8 Å². The van der Waals surface area contributed by atoms with Crippen LogP contribution in [-0.2, 0) is 23.6 Å². The third kappa shape index (κ3) is 3.80. The van der Waals surface area contributed by atoms with Gasteiger partial charge in [-0.25, -0.2) is 17.7 Å². The molecule has 1 aromatic carbocycles. The number of hydrogen-bond donors (Lipinski definition) is 2. The maximum Gasteiger partial charge on any atom is 0.297 e. The third-order valence-electron chi connectivity index (χ3n) is 4.33. The summed E-state index contributed by atoms with van der Waals surface area (Å²) < 4.78 is 26.6. The van der Waals surface area contributed by atoms with Gasteiger partial charge in [0, 0.05) is 20.1 Å². The summed E-state index contributed by atoms with van der Waals surface area (Å²) in [5.74, 6) is -1.81. The Bertz CT molecular complexity index is 1020. The number of hydrogen-bond acceptors (Lipinski definition) is 6. The molecule has 1 amide bonds. The first-order valence-electron chi connectivity index (χ1n) is 8.44. The van der Waals surface area contributed by atoms with Crippen molar-refractivity contribution in [2.75, 3.05) is 16.6 Å². The molecule has 0 bridgehead atoms. The van der Waals surface area contributed by atoms with Crippen LogP contribution in [0.25, 0.3) is 0 Å². The van der Waals surface area contributed by atoms with Crippen LogP contribution in [-0.4, -0.2) is 41.3 Å². The molecule has 0 unspecified atom stereocenters. The van der Waals surface area contributed by atoms with Crippen LogP contribution in [0, 0.1) is 0 Å². The fourth-order valence-electron chi connectivity index (χ4n) is 2.84. The molecule has 1 saturated heterocycles. The van der Waals surface area contributed by atoms with Crippen LogP contribution >= 0.6 is 0 Å². The van der Waals surface area contributed by atoms with Crippen molar-refractivity contribution < 1.29 is 18.3 Å². The summed E-state index contributed by atoms with van der Waals surface area (Å²) in [6.07, 6.45) is 1.14. The summed E-state index contributed by atoms with van der Waals surface area (Å²) in [4.78, 5) is 28.8. The molecule has 1 aromatic heterocycles. The number of rotatable bonds is 4. The molecule has 144 valence electrons. The zero-order valence-corrected chi connectivity index (χ0v) is 15.6. The van der Waals surface area contributed by atoms with Crippen molar-refractivity contribution in [2.24, 2.45) is 7.05 Å². The van der Waals surface area contributed by atoms with E-state index in [2.05, 4.69) is 10.3 Å². The van der Waals surface area contributed by atoms with Crippen molar-refractivity contribution in [2.45, 2.75) is 19.4 Å². The van der Waals surface area contributed by atoms with Crippen LogP contribution in [0.15, 0.2) is 35.1 Å². The monoisotopic (exact) mass is 392 g/mol. The molecule has 1 aliphatic heterocycles. The van der Waals surface area contributed by atoms with Gasteiger partial charge < -0.3 is 10.4 Å². The summed E-state index contributed by atoms with van der Waals surface area (Å²) in [6.45, 7) is 0.339. The number of carbonyl (C=O) groups excluding carboxylic acids is 1. The van der Waals surface area contributed by atoms with E-state index in [1.165, 1.54) is 7.05 Å². The molecular formula is C17H20N4O5S. The van der Waals surface area contributed by atoms with Gasteiger partial charge in [0.05, 0.1) is 5.75 Å². The lowest BCUT2D eigenvalue weighted by Crippen LogP contribution is -2.42. The van der Waals surface area contributed by atoms with E-state index in [1.54, 1.807) is 0 Å². The normalized spacial score (nSPS) is 16.1. The molecule has 2 N–H and O–H groups in total. The molecule has 0 saturated carbocycles. The van der Waals surface area contributed by atoms with E-state index in [9.17, 15) is 23.1 Å². The van der Waals surface area contributed by atoms with Gasteiger partial charge in [0.25, 0.3) is 11.5 Å². The van der Waals surface area contributed by atoms with Gasteiger partial charge in [-0.3, -0.25) is 14.2 Å². The van der Waals surface area contributed by atoms with Gasteiger partial charge in [0.2, 0.25) is 21.7 Å². The van der Waals surface area contributed by atoms with E-state index in [1.807, 2.05) is 30.3 Å². The Kier molecular flexibility index (Phi) is 5.17. The number of aromatic hydroxyl groups is 1. The quantitative estimate of drug-likeness (QED) is 0.774. The number of nitrogens with zero attached hydrogens (tertiary/aromatic N) is 3. The number of carbonyl (C=O) groups is 1. The standard InChI is InChI=1S/C17H20N4O5S/c1-20-16(24)14(22)13(15(23)18-11-12-7-3-2-4-8-12)19-17(20)21-9-5-6-10-27(21,25)26/h2-4,7-8,22H,5-6,9-11H2,1H3,(H,18,23). The maximum absolute atomic E-state index is 12.4. The van der Waals surface area contributed by atoms with Gasteiger partial charge in [0.1, 0.15) is 0 Å². The highest BCUT2D eigenvalue weighted by Gasteiger charge is 2.31. The molecule has 3 rings (SSSR count). The van der Waals surface area contributed by atoms with E-state index in [0.717, 1.165) is 14.4 Å². The first-order valence-corrected chi connectivity index (χ1v) is 10.0. The second kappa shape index (κ2) is 7.39. The van der Waals surface area contributed by atoms with Crippen molar-refractivity contribution in [1.82, 2.24) is 14.9 Å². The Morgan fingerprint density at radius 3 is 2.63 bits per heavy atom. The molecule has 0 atom stereocenters. The lowest BCUT2D eigenvalue weighted by molar-refractivity contribution is 0.0942. The topological polar surface area (TPSA) is 122 Å². The molecule has 9 nitrogen and oxygen atoms in total. The van der Waals surface area contributed by atoms with Crippen LogP contribution in [0.1, 0.15) is 28.9 Å². The van der Waals surface area contributed by atoms with Crippen molar-refractivity contribution in [3.8, 4) is 5.75 Å². The average Bonchev–Trinajstić information content (AvgIpc) is 2.65. The zero-order chi connectivity index (χ0) is 19.6. The van der Waals surface area contributed by atoms with Crippen LogP contribution in [0.5, 0.6) is 5.75 Å². The third-order valence-corrected chi connectivity index (χ3v) is 6.15. The first kappa shape index (κ1) is 18.9. The van der Waals surface area contributed by atoms with Crippen molar-refractivity contribution >= 4 is 21.9 Å². The molecule has 0 spiro atoms. The number of anilines is 1. The van der Waals surface area contributed by atoms with Gasteiger partial charge >= 0.3 is 0 Å². The number of benzene rings is 1. The minimum atomic E-state index is -3.63. The molecule has 27 heavy (non-hydrogen) atoms. The van der Waals surface area contributed by atoms with Gasteiger partial charge in [-0.2, -0.15) is 0 Å². The Hall–Kier alpha value is -2.88. The Morgan fingerprint density at radius 2 is 1.96 bits per heavy atom. The predicted octanol–water partition coefficient (Wildman–Crippen LogP) is 0.346. The summed E-state index contributed by atoms with van der Waals surface area (Å²) in [6, 6.07) is 9.08. The zero-order valence-electron chi connectivity index (χ0n) is 14.8. The van der Waals surface area contributed by atoms with Gasteiger partial charge in [-0.15, -0.1) is 0 Å². The van der Waals surface area contributed by atoms with E-state index < -0.39 is 32.9 Å². The number of aromatic nitrogens is 2. The highest BCUT2D eigenvalue weighted by atomic mass is 32.2. The SMILES string of the molecule is Cn1c(N2CCCCS2(=O)=O)nc(C(=O)NCc2ccccc2)c(O)c1=O. The predicted molar refractivity (Wildman–Crippen MR) is 99.1 cm³/mol. The molecule has 1 aliphatic rings. The number of amides is 1. The Balaban J connectivity index is 1.95. The van der Waals surface area contributed by atoms with Crippen LogP contribution < -0.4 is 15.2 Å². The average molecular weight is 392 g/mol. The summed E-state index contributed by atoms with van der Waals surface area (Å²) in [5.41, 5.74) is -0.552. The first-order chi connectivity index (χ1) is 12.8. The Morgan fingerprint density at radius 1 is 1.26 bits per heavy atom. The largest absolute Gasteiger partial charge is 0.501 e. The highest BCUT2D eigenvalue weighted by Crippen LogP contribution is 2.22. The van der Waals surface area contributed by atoms with E-state index in [4.69, 9.17) is 0 Å². The number of nitrogens with one attached hydrogen (secondary N) is 1. The molecule has 2 aromatic rings. The second-order valence-corrected chi connectivity index (χ2v) is 8.25. The molecule has 10 heteroatoms. The van der Waals surface area contributed by atoms with Crippen molar-refractivity contribution in [1.29, 1.82) is 0 Å². The smallest absolute Gasteiger partial charge is 0.297 e. The minimum absolute atomic E-state index is 0.0563. The van der Waals surface area contributed by atoms with Crippen LogP contribution in [0.3, 0.4) is 0 Å². The van der Waals surface area contributed by atoms with Gasteiger partial charge in [-0.05, 0) is 18.4 Å². The minimum Gasteiger partial charge on any atom is -0.501 e. The fraction of sp³-hybridized carbons (Fsp3) is 0.353. The van der Waals surface area contributed by atoms with E-state index in [-0.39, 0.29) is 24.8 Å². The molecule has 0 aliphatic carbocycles. The summed E-state index contributed by atoms with van der Waals surface area (Å²) >= 11 is 0. The fourth-order valence-corrected chi connectivity index (χ4v) is 4.44. The van der Waals surface area contributed by atoms with Crippen LogP contribution in [0.4, 0.5) is 5.95 Å². The summed E-state index contributed by atoms with van der Waals surface area (Å²) in [5, 5.41) is 12.7.